The highest BCUT2D eigenvalue weighted by molar-refractivity contribution is 5.28. The van der Waals surface area contributed by atoms with E-state index in [0.29, 0.717) is 5.88 Å². The molecule has 0 aromatic carbocycles. The maximum absolute atomic E-state index is 8.73. The van der Waals surface area contributed by atoms with Gasteiger partial charge in [0.1, 0.15) is 6.61 Å². The molecule has 1 unspecified atom stereocenters. The zero-order chi connectivity index (χ0) is 11.8. The van der Waals surface area contributed by atoms with Crippen LogP contribution in [0.15, 0.2) is 18.3 Å². The third kappa shape index (κ3) is 3.79. The lowest BCUT2D eigenvalue weighted by Crippen LogP contribution is -2.20. The van der Waals surface area contributed by atoms with Crippen LogP contribution < -0.4 is 10.1 Å². The fraction of sp³-hybridized carbons (Fsp3) is 0.583. The van der Waals surface area contributed by atoms with Crippen LogP contribution >= 0.6 is 0 Å². The molecule has 4 heteroatoms. The number of hydrogen-bond donors (Lipinski definition) is 2. The van der Waals surface area contributed by atoms with E-state index in [-0.39, 0.29) is 19.3 Å². The van der Waals surface area contributed by atoms with Crippen molar-refractivity contribution in [2.45, 2.75) is 26.3 Å². The van der Waals surface area contributed by atoms with Crippen molar-refractivity contribution < 1.29 is 9.84 Å². The fourth-order valence-corrected chi connectivity index (χ4v) is 1.47. The van der Waals surface area contributed by atoms with E-state index in [1.165, 1.54) is 0 Å². The van der Waals surface area contributed by atoms with E-state index in [1.807, 2.05) is 12.1 Å². The standard InChI is InChI=1S/C12H20N2O2/c1-3-6-13-10(2)11-5-4-7-14-12(11)16-9-8-15/h4-5,7,10,13,15H,3,6,8-9H2,1-2H3. The Morgan fingerprint density at radius 3 is 3.06 bits per heavy atom. The van der Waals surface area contributed by atoms with Gasteiger partial charge in [-0.3, -0.25) is 0 Å². The van der Waals surface area contributed by atoms with Crippen molar-refractivity contribution in [3.05, 3.63) is 23.9 Å². The summed E-state index contributed by atoms with van der Waals surface area (Å²) in [4.78, 5) is 4.17. The van der Waals surface area contributed by atoms with Gasteiger partial charge in [-0.1, -0.05) is 13.0 Å². The van der Waals surface area contributed by atoms with E-state index in [1.54, 1.807) is 6.20 Å². The van der Waals surface area contributed by atoms with Gasteiger partial charge in [-0.15, -0.1) is 0 Å². The van der Waals surface area contributed by atoms with Gasteiger partial charge >= 0.3 is 0 Å². The van der Waals surface area contributed by atoms with Crippen LogP contribution in [0.3, 0.4) is 0 Å². The molecule has 2 N–H and O–H groups in total. The largest absolute Gasteiger partial charge is 0.475 e. The Morgan fingerprint density at radius 1 is 1.56 bits per heavy atom. The van der Waals surface area contributed by atoms with Crippen molar-refractivity contribution >= 4 is 0 Å². The van der Waals surface area contributed by atoms with Crippen LogP contribution in [0.2, 0.25) is 0 Å². The van der Waals surface area contributed by atoms with Gasteiger partial charge in [0, 0.05) is 17.8 Å². The molecule has 0 fully saturated rings. The third-order valence-corrected chi connectivity index (χ3v) is 2.30. The molecule has 90 valence electrons. The van der Waals surface area contributed by atoms with E-state index in [9.17, 15) is 0 Å². The number of ether oxygens (including phenoxy) is 1. The van der Waals surface area contributed by atoms with E-state index >= 15 is 0 Å². The van der Waals surface area contributed by atoms with Crippen LogP contribution in [0.1, 0.15) is 31.9 Å². The Morgan fingerprint density at radius 2 is 2.38 bits per heavy atom. The molecule has 1 aromatic rings. The minimum Gasteiger partial charge on any atom is -0.475 e. The molecule has 1 atom stereocenters. The summed E-state index contributed by atoms with van der Waals surface area (Å²) in [5.41, 5.74) is 1.03. The monoisotopic (exact) mass is 224 g/mol. The lowest BCUT2D eigenvalue weighted by atomic mass is 10.1. The molecule has 0 bridgehead atoms. The third-order valence-electron chi connectivity index (χ3n) is 2.30. The predicted molar refractivity (Wildman–Crippen MR) is 63.5 cm³/mol. The number of aliphatic hydroxyl groups excluding tert-OH is 1. The highest BCUT2D eigenvalue weighted by atomic mass is 16.5. The van der Waals surface area contributed by atoms with E-state index in [2.05, 4.69) is 24.1 Å². The highest BCUT2D eigenvalue weighted by Gasteiger charge is 2.11. The molecule has 1 heterocycles. The van der Waals surface area contributed by atoms with Crippen LogP contribution in [0.5, 0.6) is 5.88 Å². The number of aliphatic hydroxyl groups is 1. The van der Waals surface area contributed by atoms with Crippen molar-refractivity contribution in [3.8, 4) is 5.88 Å². The number of aromatic nitrogens is 1. The number of pyridine rings is 1. The normalized spacial score (nSPS) is 12.4. The first kappa shape index (κ1) is 12.9. The Kier molecular flexibility index (Phi) is 5.82. The molecule has 0 saturated heterocycles. The first-order valence-electron chi connectivity index (χ1n) is 5.71. The summed E-state index contributed by atoms with van der Waals surface area (Å²) in [6, 6.07) is 4.10. The second kappa shape index (κ2) is 7.19. The van der Waals surface area contributed by atoms with Crippen LogP contribution in [0, 0.1) is 0 Å². The fourth-order valence-electron chi connectivity index (χ4n) is 1.47. The van der Waals surface area contributed by atoms with Crippen molar-refractivity contribution in [1.29, 1.82) is 0 Å². The highest BCUT2D eigenvalue weighted by Crippen LogP contribution is 2.21. The molecule has 1 rings (SSSR count). The molecule has 16 heavy (non-hydrogen) atoms. The molecule has 0 amide bonds. The molecule has 0 aliphatic carbocycles. The first-order chi connectivity index (χ1) is 7.79. The molecule has 0 aliphatic heterocycles. The Hall–Kier alpha value is -1.13. The van der Waals surface area contributed by atoms with Gasteiger partial charge in [0.2, 0.25) is 5.88 Å². The molecule has 0 aliphatic rings. The van der Waals surface area contributed by atoms with E-state index < -0.39 is 0 Å². The first-order valence-corrected chi connectivity index (χ1v) is 5.71. The van der Waals surface area contributed by atoms with Crippen LogP contribution in [-0.2, 0) is 0 Å². The molecular weight excluding hydrogens is 204 g/mol. The zero-order valence-electron chi connectivity index (χ0n) is 9.94. The summed E-state index contributed by atoms with van der Waals surface area (Å²) in [5.74, 6) is 0.604. The second-order valence-corrected chi connectivity index (χ2v) is 3.65. The summed E-state index contributed by atoms with van der Waals surface area (Å²) in [6.45, 7) is 5.47. The SMILES string of the molecule is CCCNC(C)c1cccnc1OCCO. The number of hydrogen-bond acceptors (Lipinski definition) is 4. The van der Waals surface area contributed by atoms with Crippen molar-refractivity contribution in [1.82, 2.24) is 10.3 Å². The summed E-state index contributed by atoms with van der Waals surface area (Å²) >= 11 is 0. The van der Waals surface area contributed by atoms with Gasteiger partial charge in [0.15, 0.2) is 0 Å². The zero-order valence-corrected chi connectivity index (χ0v) is 9.94. The molecule has 4 nitrogen and oxygen atoms in total. The molecular formula is C12H20N2O2. The lowest BCUT2D eigenvalue weighted by Gasteiger charge is -2.16. The number of nitrogens with zero attached hydrogens (tertiary/aromatic N) is 1. The van der Waals surface area contributed by atoms with Gasteiger partial charge in [-0.2, -0.15) is 0 Å². The predicted octanol–water partition coefficient (Wildman–Crippen LogP) is 1.51. The van der Waals surface area contributed by atoms with Gasteiger partial charge in [-0.05, 0) is 26.0 Å². The summed E-state index contributed by atoms with van der Waals surface area (Å²) in [5, 5.41) is 12.1. The van der Waals surface area contributed by atoms with E-state index in [0.717, 1.165) is 18.5 Å². The second-order valence-electron chi connectivity index (χ2n) is 3.65. The van der Waals surface area contributed by atoms with Crippen LogP contribution in [0.4, 0.5) is 0 Å². The van der Waals surface area contributed by atoms with Crippen LogP contribution in [0.25, 0.3) is 0 Å². The maximum atomic E-state index is 8.73. The van der Waals surface area contributed by atoms with Gasteiger partial charge in [0.25, 0.3) is 0 Å². The molecule has 0 saturated carbocycles. The number of rotatable bonds is 7. The van der Waals surface area contributed by atoms with Gasteiger partial charge in [0.05, 0.1) is 6.61 Å². The summed E-state index contributed by atoms with van der Waals surface area (Å²) < 4.78 is 5.39. The van der Waals surface area contributed by atoms with Gasteiger partial charge < -0.3 is 15.2 Å². The average Bonchev–Trinajstić information content (AvgIpc) is 2.33. The average molecular weight is 224 g/mol. The van der Waals surface area contributed by atoms with Crippen molar-refractivity contribution in [2.75, 3.05) is 19.8 Å². The quantitative estimate of drug-likeness (QED) is 0.737. The summed E-state index contributed by atoms with van der Waals surface area (Å²) in [7, 11) is 0. The molecule has 1 aromatic heterocycles. The van der Waals surface area contributed by atoms with E-state index in [4.69, 9.17) is 9.84 Å². The minimum absolute atomic E-state index is 0.00673. The smallest absolute Gasteiger partial charge is 0.218 e. The topological polar surface area (TPSA) is 54.4 Å². The number of nitrogens with one attached hydrogen (secondary N) is 1. The Bertz CT molecular complexity index is 305. The van der Waals surface area contributed by atoms with Crippen molar-refractivity contribution in [3.63, 3.8) is 0 Å². The maximum Gasteiger partial charge on any atom is 0.218 e. The lowest BCUT2D eigenvalue weighted by molar-refractivity contribution is 0.194. The summed E-state index contributed by atoms with van der Waals surface area (Å²) in [6.07, 6.45) is 2.79. The molecule has 0 spiro atoms. The Labute approximate surface area is 96.7 Å². The van der Waals surface area contributed by atoms with Crippen LogP contribution in [-0.4, -0.2) is 29.8 Å². The minimum atomic E-state index is 0.00673. The Balaban J connectivity index is 2.68. The molecule has 0 radical (unpaired) electrons. The van der Waals surface area contributed by atoms with Crippen molar-refractivity contribution in [2.24, 2.45) is 0 Å². The van der Waals surface area contributed by atoms with Gasteiger partial charge in [-0.25, -0.2) is 4.98 Å².